The van der Waals surface area contributed by atoms with Gasteiger partial charge in [-0.05, 0) is 42.2 Å². The zero-order valence-electron chi connectivity index (χ0n) is 11.3. The van der Waals surface area contributed by atoms with Gasteiger partial charge in [0.05, 0.1) is 6.10 Å². The Balaban J connectivity index is 1.77. The first-order valence-electron chi connectivity index (χ1n) is 7.00. The van der Waals surface area contributed by atoms with Crippen molar-refractivity contribution < 1.29 is 5.11 Å². The number of aliphatic hydroxyl groups excluding tert-OH is 1. The van der Waals surface area contributed by atoms with E-state index in [0.29, 0.717) is 11.6 Å². The number of benzene rings is 2. The molecule has 0 amide bonds. The Morgan fingerprint density at radius 3 is 2.65 bits per heavy atom. The molecule has 0 spiro atoms. The summed E-state index contributed by atoms with van der Waals surface area (Å²) >= 11 is 5.88. The molecular weight excluding hydrogens is 270 g/mol. The SMILES string of the molecule is OC(CN1CCCc2ccccc21)c1ccc(Cl)cc1. The van der Waals surface area contributed by atoms with Crippen LogP contribution in [-0.2, 0) is 6.42 Å². The topological polar surface area (TPSA) is 23.5 Å². The maximum absolute atomic E-state index is 10.4. The van der Waals surface area contributed by atoms with Crippen LogP contribution < -0.4 is 4.90 Å². The lowest BCUT2D eigenvalue weighted by molar-refractivity contribution is 0.183. The molecule has 0 radical (unpaired) electrons. The molecule has 104 valence electrons. The molecule has 0 aromatic heterocycles. The summed E-state index contributed by atoms with van der Waals surface area (Å²) in [6.45, 7) is 1.63. The summed E-state index contributed by atoms with van der Waals surface area (Å²) in [6, 6.07) is 15.9. The molecule has 0 fully saturated rings. The maximum Gasteiger partial charge on any atom is 0.0964 e. The standard InChI is InChI=1S/C17H18ClNO/c18-15-9-7-14(8-10-15)17(20)12-19-11-3-5-13-4-1-2-6-16(13)19/h1-2,4,6-10,17,20H,3,5,11-12H2. The van der Waals surface area contributed by atoms with Crippen molar-refractivity contribution in [2.45, 2.75) is 18.9 Å². The fourth-order valence-corrected chi connectivity index (χ4v) is 2.93. The van der Waals surface area contributed by atoms with Gasteiger partial charge >= 0.3 is 0 Å². The van der Waals surface area contributed by atoms with E-state index in [-0.39, 0.29) is 0 Å². The van der Waals surface area contributed by atoms with Crippen LogP contribution in [0.2, 0.25) is 5.02 Å². The van der Waals surface area contributed by atoms with Crippen LogP contribution in [0.1, 0.15) is 23.7 Å². The monoisotopic (exact) mass is 287 g/mol. The Bertz CT molecular complexity index is 582. The number of aliphatic hydroxyl groups is 1. The van der Waals surface area contributed by atoms with Gasteiger partial charge in [0.2, 0.25) is 0 Å². The van der Waals surface area contributed by atoms with E-state index in [1.54, 1.807) is 0 Å². The second-order valence-corrected chi connectivity index (χ2v) is 5.68. The van der Waals surface area contributed by atoms with Crippen molar-refractivity contribution in [3.8, 4) is 0 Å². The number of hydrogen-bond donors (Lipinski definition) is 1. The number of halogens is 1. The molecule has 20 heavy (non-hydrogen) atoms. The van der Waals surface area contributed by atoms with E-state index in [2.05, 4.69) is 29.2 Å². The second kappa shape index (κ2) is 5.86. The summed E-state index contributed by atoms with van der Waals surface area (Å²) in [5, 5.41) is 11.1. The number of hydrogen-bond acceptors (Lipinski definition) is 2. The minimum atomic E-state index is -0.488. The Morgan fingerprint density at radius 2 is 1.85 bits per heavy atom. The van der Waals surface area contributed by atoms with Crippen LogP contribution in [0.3, 0.4) is 0 Å². The minimum absolute atomic E-state index is 0.488. The van der Waals surface area contributed by atoms with Crippen molar-refractivity contribution in [2.24, 2.45) is 0 Å². The number of aryl methyl sites for hydroxylation is 1. The zero-order valence-corrected chi connectivity index (χ0v) is 12.1. The van der Waals surface area contributed by atoms with Gasteiger partial charge in [0.25, 0.3) is 0 Å². The molecule has 3 rings (SSSR count). The number of rotatable bonds is 3. The number of anilines is 1. The van der Waals surface area contributed by atoms with Crippen molar-refractivity contribution in [1.82, 2.24) is 0 Å². The van der Waals surface area contributed by atoms with Crippen molar-refractivity contribution in [2.75, 3.05) is 18.0 Å². The van der Waals surface area contributed by atoms with Crippen LogP contribution >= 0.6 is 11.6 Å². The lowest BCUT2D eigenvalue weighted by Gasteiger charge is -2.33. The fourth-order valence-electron chi connectivity index (χ4n) is 2.80. The van der Waals surface area contributed by atoms with Crippen molar-refractivity contribution in [1.29, 1.82) is 0 Å². The molecule has 0 saturated heterocycles. The van der Waals surface area contributed by atoms with Crippen LogP contribution in [0.15, 0.2) is 48.5 Å². The molecule has 0 bridgehead atoms. The lowest BCUT2D eigenvalue weighted by Crippen LogP contribution is -2.33. The van der Waals surface area contributed by atoms with E-state index in [9.17, 15) is 5.11 Å². The van der Waals surface area contributed by atoms with E-state index in [1.165, 1.54) is 11.3 Å². The highest BCUT2D eigenvalue weighted by Crippen LogP contribution is 2.28. The summed E-state index contributed by atoms with van der Waals surface area (Å²) in [5.74, 6) is 0. The van der Waals surface area contributed by atoms with Gasteiger partial charge in [0.1, 0.15) is 0 Å². The molecular formula is C17H18ClNO. The summed E-state index contributed by atoms with van der Waals surface area (Å²) in [7, 11) is 0. The zero-order chi connectivity index (χ0) is 13.9. The third-order valence-corrected chi connectivity index (χ3v) is 4.11. The van der Waals surface area contributed by atoms with Crippen LogP contribution in [0.5, 0.6) is 0 Å². The molecule has 2 nitrogen and oxygen atoms in total. The van der Waals surface area contributed by atoms with Gasteiger partial charge in [0.15, 0.2) is 0 Å². The molecule has 1 aliphatic heterocycles. The Hall–Kier alpha value is -1.51. The number of para-hydroxylation sites is 1. The Kier molecular flexibility index (Phi) is 3.95. The molecule has 2 aromatic rings. The summed E-state index contributed by atoms with van der Waals surface area (Å²) < 4.78 is 0. The largest absolute Gasteiger partial charge is 0.387 e. The molecule has 2 aromatic carbocycles. The number of nitrogens with zero attached hydrogens (tertiary/aromatic N) is 1. The van der Waals surface area contributed by atoms with Crippen LogP contribution in [0.4, 0.5) is 5.69 Å². The molecule has 1 atom stereocenters. The summed E-state index contributed by atoms with van der Waals surface area (Å²) in [6.07, 6.45) is 1.78. The first-order valence-corrected chi connectivity index (χ1v) is 7.38. The predicted molar refractivity (Wildman–Crippen MR) is 83.4 cm³/mol. The van der Waals surface area contributed by atoms with Gasteiger partial charge < -0.3 is 10.0 Å². The van der Waals surface area contributed by atoms with E-state index >= 15 is 0 Å². The fraction of sp³-hybridized carbons (Fsp3) is 0.294. The highest BCUT2D eigenvalue weighted by molar-refractivity contribution is 6.30. The van der Waals surface area contributed by atoms with Crippen molar-refractivity contribution in [3.63, 3.8) is 0 Å². The molecule has 3 heteroatoms. The van der Waals surface area contributed by atoms with Crippen molar-refractivity contribution >= 4 is 17.3 Å². The van der Waals surface area contributed by atoms with Gasteiger partial charge in [-0.15, -0.1) is 0 Å². The summed E-state index contributed by atoms with van der Waals surface area (Å²) in [4.78, 5) is 2.28. The third kappa shape index (κ3) is 2.82. The van der Waals surface area contributed by atoms with Crippen LogP contribution in [0.25, 0.3) is 0 Å². The van der Waals surface area contributed by atoms with Crippen molar-refractivity contribution in [3.05, 3.63) is 64.7 Å². The first-order chi connectivity index (χ1) is 9.74. The molecule has 1 heterocycles. The molecule has 1 aliphatic rings. The lowest BCUT2D eigenvalue weighted by atomic mass is 10.0. The Labute approximate surface area is 124 Å². The van der Waals surface area contributed by atoms with Crippen LogP contribution in [0, 0.1) is 0 Å². The highest BCUT2D eigenvalue weighted by Gasteiger charge is 2.19. The van der Waals surface area contributed by atoms with E-state index in [0.717, 1.165) is 24.9 Å². The van der Waals surface area contributed by atoms with Gasteiger partial charge in [-0.1, -0.05) is 41.9 Å². The predicted octanol–water partition coefficient (Wildman–Crippen LogP) is 3.83. The molecule has 1 unspecified atom stereocenters. The average Bonchev–Trinajstić information content (AvgIpc) is 2.48. The quantitative estimate of drug-likeness (QED) is 0.927. The van der Waals surface area contributed by atoms with Gasteiger partial charge in [-0.2, -0.15) is 0 Å². The van der Waals surface area contributed by atoms with Gasteiger partial charge in [-0.25, -0.2) is 0 Å². The van der Waals surface area contributed by atoms with Crippen LogP contribution in [-0.4, -0.2) is 18.2 Å². The van der Waals surface area contributed by atoms with E-state index in [1.807, 2.05) is 24.3 Å². The van der Waals surface area contributed by atoms with E-state index < -0.39 is 6.10 Å². The van der Waals surface area contributed by atoms with Gasteiger partial charge in [0, 0.05) is 23.8 Å². The number of β-amino-alcohol motifs (C(OH)–C–C–N with tert-alkyl or cyclic N) is 1. The second-order valence-electron chi connectivity index (χ2n) is 5.25. The number of fused-ring (bicyclic) bond motifs is 1. The smallest absolute Gasteiger partial charge is 0.0964 e. The Morgan fingerprint density at radius 1 is 1.10 bits per heavy atom. The summed E-state index contributed by atoms with van der Waals surface area (Å²) in [5.41, 5.74) is 3.55. The molecule has 0 aliphatic carbocycles. The first kappa shape index (κ1) is 13.5. The van der Waals surface area contributed by atoms with E-state index in [4.69, 9.17) is 11.6 Å². The maximum atomic E-state index is 10.4. The van der Waals surface area contributed by atoms with Gasteiger partial charge in [-0.3, -0.25) is 0 Å². The normalized spacial score (nSPS) is 15.8. The molecule has 1 N–H and O–H groups in total. The average molecular weight is 288 g/mol. The highest BCUT2D eigenvalue weighted by atomic mass is 35.5. The molecule has 0 saturated carbocycles. The minimum Gasteiger partial charge on any atom is -0.387 e. The third-order valence-electron chi connectivity index (χ3n) is 3.85.